The van der Waals surface area contributed by atoms with E-state index >= 15 is 0 Å². The standard InChI is InChI=1S/C6H9NO2/c1-4-5(8)2-3-7-6(4)9/h2-5,8H,1H3,(H,7,9). The van der Waals surface area contributed by atoms with Crippen LogP contribution in [0.3, 0.4) is 0 Å². The molecule has 0 saturated heterocycles. The van der Waals surface area contributed by atoms with Gasteiger partial charge in [-0.25, -0.2) is 0 Å². The van der Waals surface area contributed by atoms with E-state index in [-0.39, 0.29) is 11.8 Å². The Morgan fingerprint density at radius 1 is 1.78 bits per heavy atom. The first-order chi connectivity index (χ1) is 4.22. The third kappa shape index (κ3) is 1.10. The molecule has 1 aliphatic heterocycles. The molecule has 0 aliphatic carbocycles. The molecular weight excluding hydrogens is 118 g/mol. The van der Waals surface area contributed by atoms with Crippen LogP contribution in [0.2, 0.25) is 0 Å². The Hall–Kier alpha value is -0.830. The summed E-state index contributed by atoms with van der Waals surface area (Å²) in [6.07, 6.45) is 2.41. The molecule has 0 fully saturated rings. The first kappa shape index (κ1) is 6.29. The van der Waals surface area contributed by atoms with Crippen LogP contribution in [0.1, 0.15) is 6.92 Å². The van der Waals surface area contributed by atoms with Crippen molar-refractivity contribution in [2.45, 2.75) is 13.0 Å². The SMILES string of the molecule is CC1C(=O)NC=CC1O. The van der Waals surface area contributed by atoms with Crippen LogP contribution in [0.4, 0.5) is 0 Å². The number of hydrogen-bond donors (Lipinski definition) is 2. The maximum Gasteiger partial charge on any atom is 0.229 e. The van der Waals surface area contributed by atoms with Crippen LogP contribution in [0, 0.1) is 5.92 Å². The number of nitrogens with one attached hydrogen (secondary N) is 1. The van der Waals surface area contributed by atoms with Crippen LogP contribution < -0.4 is 5.32 Å². The molecule has 0 aromatic heterocycles. The number of carbonyl (C=O) groups is 1. The van der Waals surface area contributed by atoms with Gasteiger partial charge in [0, 0.05) is 6.20 Å². The van der Waals surface area contributed by atoms with E-state index in [1.165, 1.54) is 6.20 Å². The topological polar surface area (TPSA) is 49.3 Å². The highest BCUT2D eigenvalue weighted by Crippen LogP contribution is 2.07. The molecule has 9 heavy (non-hydrogen) atoms. The molecule has 0 saturated carbocycles. The number of rotatable bonds is 0. The Kier molecular flexibility index (Phi) is 1.53. The second-order valence-electron chi connectivity index (χ2n) is 2.15. The monoisotopic (exact) mass is 127 g/mol. The lowest BCUT2D eigenvalue weighted by Gasteiger charge is -2.17. The minimum atomic E-state index is -0.612. The van der Waals surface area contributed by atoms with Gasteiger partial charge in [0.15, 0.2) is 0 Å². The third-order valence-electron chi connectivity index (χ3n) is 1.44. The second kappa shape index (κ2) is 2.19. The lowest BCUT2D eigenvalue weighted by atomic mass is 10.0. The molecule has 2 N–H and O–H groups in total. The quantitative estimate of drug-likeness (QED) is 0.466. The molecule has 3 nitrogen and oxygen atoms in total. The van der Waals surface area contributed by atoms with E-state index in [1.807, 2.05) is 0 Å². The lowest BCUT2D eigenvalue weighted by Crippen LogP contribution is -2.36. The summed E-state index contributed by atoms with van der Waals surface area (Å²) in [7, 11) is 0. The van der Waals surface area contributed by atoms with E-state index in [1.54, 1.807) is 13.0 Å². The zero-order valence-corrected chi connectivity index (χ0v) is 5.16. The van der Waals surface area contributed by atoms with Gasteiger partial charge in [0.05, 0.1) is 12.0 Å². The summed E-state index contributed by atoms with van der Waals surface area (Å²) < 4.78 is 0. The Morgan fingerprint density at radius 2 is 2.44 bits per heavy atom. The summed E-state index contributed by atoms with van der Waals surface area (Å²) in [4.78, 5) is 10.7. The van der Waals surface area contributed by atoms with Gasteiger partial charge in [-0.05, 0) is 6.08 Å². The predicted octanol–water partition coefficient (Wildman–Crippen LogP) is -0.373. The number of amides is 1. The van der Waals surface area contributed by atoms with Crippen molar-refractivity contribution in [3.63, 3.8) is 0 Å². The van der Waals surface area contributed by atoms with E-state index in [0.29, 0.717) is 0 Å². The molecule has 1 aliphatic rings. The lowest BCUT2D eigenvalue weighted by molar-refractivity contribution is -0.126. The van der Waals surface area contributed by atoms with Gasteiger partial charge in [-0.2, -0.15) is 0 Å². The fraction of sp³-hybridized carbons (Fsp3) is 0.500. The molecular formula is C6H9NO2. The highest BCUT2D eigenvalue weighted by molar-refractivity contribution is 5.81. The van der Waals surface area contributed by atoms with E-state index in [4.69, 9.17) is 5.11 Å². The normalized spacial score (nSPS) is 34.2. The van der Waals surface area contributed by atoms with Crippen molar-refractivity contribution in [2.24, 2.45) is 5.92 Å². The van der Waals surface area contributed by atoms with Crippen LogP contribution in [0.5, 0.6) is 0 Å². The zero-order chi connectivity index (χ0) is 6.85. The van der Waals surface area contributed by atoms with Crippen LogP contribution in [-0.4, -0.2) is 17.1 Å². The summed E-state index contributed by atoms with van der Waals surface area (Å²) >= 11 is 0. The Morgan fingerprint density at radius 3 is 2.89 bits per heavy atom. The second-order valence-corrected chi connectivity index (χ2v) is 2.15. The van der Waals surface area contributed by atoms with Crippen molar-refractivity contribution in [3.8, 4) is 0 Å². The predicted molar refractivity (Wildman–Crippen MR) is 32.5 cm³/mol. The molecule has 0 aromatic rings. The van der Waals surface area contributed by atoms with Gasteiger partial charge >= 0.3 is 0 Å². The molecule has 50 valence electrons. The minimum Gasteiger partial charge on any atom is -0.388 e. The smallest absolute Gasteiger partial charge is 0.229 e. The van der Waals surface area contributed by atoms with Crippen molar-refractivity contribution in [2.75, 3.05) is 0 Å². The molecule has 0 radical (unpaired) electrons. The van der Waals surface area contributed by atoms with Crippen molar-refractivity contribution >= 4 is 5.91 Å². The van der Waals surface area contributed by atoms with Crippen molar-refractivity contribution in [1.29, 1.82) is 0 Å². The first-order valence-electron chi connectivity index (χ1n) is 2.87. The van der Waals surface area contributed by atoms with E-state index in [9.17, 15) is 4.79 Å². The number of carbonyl (C=O) groups excluding carboxylic acids is 1. The number of hydrogen-bond acceptors (Lipinski definition) is 2. The third-order valence-corrected chi connectivity index (χ3v) is 1.44. The van der Waals surface area contributed by atoms with Gasteiger partial charge < -0.3 is 10.4 Å². The summed E-state index contributed by atoms with van der Waals surface area (Å²) in [5.41, 5.74) is 0. The molecule has 2 unspecified atom stereocenters. The zero-order valence-electron chi connectivity index (χ0n) is 5.16. The maximum atomic E-state index is 10.7. The number of aliphatic hydroxyl groups excluding tert-OH is 1. The van der Waals surface area contributed by atoms with Crippen LogP contribution >= 0.6 is 0 Å². The number of aliphatic hydroxyl groups is 1. The van der Waals surface area contributed by atoms with Gasteiger partial charge in [0.25, 0.3) is 0 Å². The summed E-state index contributed by atoms with van der Waals surface area (Å²) in [6.45, 7) is 1.68. The Balaban J connectivity index is 2.69. The fourth-order valence-corrected chi connectivity index (χ4v) is 0.682. The molecule has 1 rings (SSSR count). The molecule has 3 heteroatoms. The Labute approximate surface area is 53.4 Å². The summed E-state index contributed by atoms with van der Waals surface area (Å²) in [6, 6.07) is 0. The van der Waals surface area contributed by atoms with E-state index < -0.39 is 6.10 Å². The van der Waals surface area contributed by atoms with E-state index in [0.717, 1.165) is 0 Å². The van der Waals surface area contributed by atoms with Crippen LogP contribution in [0.25, 0.3) is 0 Å². The highest BCUT2D eigenvalue weighted by atomic mass is 16.3. The Bertz CT molecular complexity index is 153. The summed E-state index contributed by atoms with van der Waals surface area (Å²) in [5, 5.41) is 11.5. The molecule has 0 spiro atoms. The minimum absolute atomic E-state index is 0.120. The van der Waals surface area contributed by atoms with E-state index in [2.05, 4.69) is 5.32 Å². The van der Waals surface area contributed by atoms with Crippen molar-refractivity contribution < 1.29 is 9.90 Å². The van der Waals surface area contributed by atoms with Crippen LogP contribution in [-0.2, 0) is 4.79 Å². The van der Waals surface area contributed by atoms with Gasteiger partial charge in [0.1, 0.15) is 0 Å². The average Bonchev–Trinajstić information content (AvgIpc) is 1.83. The first-order valence-corrected chi connectivity index (χ1v) is 2.87. The molecule has 0 bridgehead atoms. The fourth-order valence-electron chi connectivity index (χ4n) is 0.682. The largest absolute Gasteiger partial charge is 0.388 e. The van der Waals surface area contributed by atoms with Crippen LogP contribution in [0.15, 0.2) is 12.3 Å². The van der Waals surface area contributed by atoms with Gasteiger partial charge in [-0.1, -0.05) is 6.92 Å². The average molecular weight is 127 g/mol. The summed E-state index contributed by atoms with van der Waals surface area (Å²) in [5.74, 6) is -0.431. The van der Waals surface area contributed by atoms with Crippen molar-refractivity contribution in [3.05, 3.63) is 12.3 Å². The van der Waals surface area contributed by atoms with Gasteiger partial charge in [-0.3, -0.25) is 4.79 Å². The van der Waals surface area contributed by atoms with Crippen molar-refractivity contribution in [1.82, 2.24) is 5.32 Å². The molecule has 0 aromatic carbocycles. The molecule has 2 atom stereocenters. The molecule has 1 amide bonds. The van der Waals surface area contributed by atoms with Gasteiger partial charge in [-0.15, -0.1) is 0 Å². The van der Waals surface area contributed by atoms with Gasteiger partial charge in [0.2, 0.25) is 5.91 Å². The maximum absolute atomic E-state index is 10.7. The highest BCUT2D eigenvalue weighted by Gasteiger charge is 2.21. The molecule has 1 heterocycles.